The second-order valence-electron chi connectivity index (χ2n) is 5.59. The van der Waals surface area contributed by atoms with Gasteiger partial charge in [0.25, 0.3) is 0 Å². The lowest BCUT2D eigenvalue weighted by molar-refractivity contribution is -0.263. The average molecular weight is 406 g/mol. The molecule has 0 unspecified atom stereocenters. The molecule has 0 aromatic carbocycles. The number of hydrogen-bond acceptors (Lipinski definition) is 11. The van der Waals surface area contributed by atoms with Gasteiger partial charge in [-0.1, -0.05) is 0 Å². The van der Waals surface area contributed by atoms with Gasteiger partial charge in [-0.05, 0) is 13.8 Å². The van der Waals surface area contributed by atoms with Crippen molar-refractivity contribution in [2.75, 3.05) is 33.5 Å². The number of hydrogen-bond donors (Lipinski definition) is 0. The highest BCUT2D eigenvalue weighted by molar-refractivity contribution is 5.76. The van der Waals surface area contributed by atoms with E-state index >= 15 is 0 Å². The molecule has 0 saturated carbocycles. The molecular weight excluding hydrogens is 380 g/mol. The molecule has 11 nitrogen and oxygen atoms in total. The first-order valence-electron chi connectivity index (χ1n) is 8.77. The van der Waals surface area contributed by atoms with E-state index in [0.717, 1.165) is 14.0 Å². The van der Waals surface area contributed by atoms with Crippen molar-refractivity contribution in [1.29, 1.82) is 0 Å². The van der Waals surface area contributed by atoms with E-state index in [1.807, 2.05) is 0 Å². The Kier molecular flexibility index (Phi) is 10.4. The van der Waals surface area contributed by atoms with Gasteiger partial charge in [0.1, 0.15) is 19.3 Å². The lowest BCUT2D eigenvalue weighted by atomic mass is 10.0. The third-order valence-corrected chi connectivity index (χ3v) is 3.54. The van der Waals surface area contributed by atoms with Gasteiger partial charge in [-0.2, -0.15) is 0 Å². The Morgan fingerprint density at radius 3 is 2.04 bits per heavy atom. The molecule has 11 heteroatoms. The summed E-state index contributed by atoms with van der Waals surface area (Å²) in [6, 6.07) is 0. The summed E-state index contributed by atoms with van der Waals surface area (Å²) in [6.45, 7) is 3.92. The van der Waals surface area contributed by atoms with Crippen LogP contribution in [0, 0.1) is 0 Å². The molecule has 1 aliphatic heterocycles. The van der Waals surface area contributed by atoms with Gasteiger partial charge >= 0.3 is 23.9 Å². The molecule has 160 valence electrons. The van der Waals surface area contributed by atoms with Crippen LogP contribution in [0.4, 0.5) is 0 Å². The average Bonchev–Trinajstić information content (AvgIpc) is 2.65. The highest BCUT2D eigenvalue weighted by Gasteiger charge is 2.47. The summed E-state index contributed by atoms with van der Waals surface area (Å²) in [5.74, 6) is -2.76. The van der Waals surface area contributed by atoms with E-state index in [4.69, 9.17) is 28.4 Å². The van der Waals surface area contributed by atoms with Gasteiger partial charge in [0.2, 0.25) is 0 Å². The summed E-state index contributed by atoms with van der Waals surface area (Å²) < 4.78 is 35.7. The Labute approximate surface area is 162 Å². The molecule has 0 radical (unpaired) electrons. The number of rotatable bonds is 10. The van der Waals surface area contributed by atoms with Crippen molar-refractivity contribution in [3.8, 4) is 0 Å². The molecular formula is C17H26O11. The molecule has 0 bridgehead atoms. The molecule has 1 heterocycles. The zero-order valence-corrected chi connectivity index (χ0v) is 16.3. The van der Waals surface area contributed by atoms with Crippen molar-refractivity contribution in [3.63, 3.8) is 0 Å². The van der Waals surface area contributed by atoms with Crippen LogP contribution in [0.25, 0.3) is 0 Å². The maximum atomic E-state index is 12.1. The summed E-state index contributed by atoms with van der Waals surface area (Å²) in [5.41, 5.74) is 0. The van der Waals surface area contributed by atoms with Gasteiger partial charge in [0, 0.05) is 13.3 Å². The van der Waals surface area contributed by atoms with E-state index in [2.05, 4.69) is 4.74 Å². The maximum Gasteiger partial charge on any atom is 0.339 e. The first-order valence-corrected chi connectivity index (χ1v) is 8.77. The topological polar surface area (TPSA) is 133 Å². The number of esters is 4. The van der Waals surface area contributed by atoms with E-state index in [1.165, 1.54) is 0 Å². The Hall–Kier alpha value is -2.24. The van der Waals surface area contributed by atoms with E-state index in [1.54, 1.807) is 13.8 Å². The highest BCUT2D eigenvalue weighted by Crippen LogP contribution is 2.27. The van der Waals surface area contributed by atoms with E-state index in [9.17, 15) is 19.2 Å². The van der Waals surface area contributed by atoms with E-state index < -0.39 is 61.7 Å². The second kappa shape index (κ2) is 12.3. The zero-order chi connectivity index (χ0) is 21.1. The third-order valence-electron chi connectivity index (χ3n) is 3.54. The van der Waals surface area contributed by atoms with Crippen LogP contribution in [-0.2, 0) is 52.3 Å². The fraction of sp³-hybridized carbons (Fsp3) is 0.765. The SMILES string of the molecule is CCOC(=O)CO[C@@H]1C[C@@H](OCC(=O)OCC)[C@H](OC(C)=O)[C@@H](C(=O)OC)O1. The minimum atomic E-state index is -1.37. The number of methoxy groups -OCH3 is 1. The lowest BCUT2D eigenvalue weighted by Crippen LogP contribution is -2.55. The molecule has 0 aromatic rings. The first kappa shape index (κ1) is 23.8. The van der Waals surface area contributed by atoms with Crippen LogP contribution in [0.2, 0.25) is 0 Å². The smallest absolute Gasteiger partial charge is 0.339 e. The van der Waals surface area contributed by atoms with Crippen LogP contribution < -0.4 is 0 Å². The molecule has 1 aliphatic rings. The van der Waals surface area contributed by atoms with Crippen molar-refractivity contribution in [2.24, 2.45) is 0 Å². The number of carbonyl (C=O) groups is 4. The molecule has 1 saturated heterocycles. The predicted octanol–water partition coefficient (Wildman–Crippen LogP) is -0.266. The van der Waals surface area contributed by atoms with Gasteiger partial charge in [0.15, 0.2) is 18.5 Å². The number of ether oxygens (including phenoxy) is 7. The van der Waals surface area contributed by atoms with Crippen molar-refractivity contribution in [2.45, 2.75) is 51.8 Å². The molecule has 0 aromatic heterocycles. The summed E-state index contributed by atoms with van der Waals surface area (Å²) in [7, 11) is 1.13. The Balaban J connectivity index is 2.91. The monoisotopic (exact) mass is 406 g/mol. The molecule has 0 N–H and O–H groups in total. The summed E-state index contributed by atoms with van der Waals surface area (Å²) >= 11 is 0. The van der Waals surface area contributed by atoms with Crippen LogP contribution in [0.15, 0.2) is 0 Å². The van der Waals surface area contributed by atoms with E-state index in [-0.39, 0.29) is 19.6 Å². The molecule has 28 heavy (non-hydrogen) atoms. The van der Waals surface area contributed by atoms with Crippen LogP contribution >= 0.6 is 0 Å². The number of carbonyl (C=O) groups excluding carboxylic acids is 4. The van der Waals surface area contributed by atoms with Crippen LogP contribution in [-0.4, -0.2) is 82.0 Å². The quantitative estimate of drug-likeness (QED) is 0.351. The van der Waals surface area contributed by atoms with Gasteiger partial charge in [0.05, 0.1) is 20.3 Å². The minimum absolute atomic E-state index is 0.0236. The molecule has 1 fully saturated rings. The van der Waals surface area contributed by atoms with E-state index in [0.29, 0.717) is 0 Å². The summed E-state index contributed by atoms with van der Waals surface area (Å²) in [4.78, 5) is 46.6. The highest BCUT2D eigenvalue weighted by atomic mass is 16.7. The summed E-state index contributed by atoms with van der Waals surface area (Å²) in [5, 5.41) is 0. The van der Waals surface area contributed by atoms with Gasteiger partial charge in [-0.25, -0.2) is 14.4 Å². The fourth-order valence-corrected chi connectivity index (χ4v) is 2.46. The van der Waals surface area contributed by atoms with Crippen LogP contribution in [0.3, 0.4) is 0 Å². The Morgan fingerprint density at radius 2 is 1.54 bits per heavy atom. The van der Waals surface area contributed by atoms with Crippen LogP contribution in [0.1, 0.15) is 27.2 Å². The largest absolute Gasteiger partial charge is 0.467 e. The summed E-state index contributed by atoms with van der Waals surface area (Å²) in [6.07, 6.45) is -4.58. The molecule has 1 rings (SSSR count). The van der Waals surface area contributed by atoms with Gasteiger partial charge in [-0.15, -0.1) is 0 Å². The van der Waals surface area contributed by atoms with Crippen molar-refractivity contribution < 1.29 is 52.3 Å². The van der Waals surface area contributed by atoms with Gasteiger partial charge < -0.3 is 33.2 Å². The third kappa shape index (κ3) is 7.79. The fourth-order valence-electron chi connectivity index (χ4n) is 2.46. The lowest BCUT2D eigenvalue weighted by Gasteiger charge is -2.39. The van der Waals surface area contributed by atoms with Gasteiger partial charge in [-0.3, -0.25) is 4.79 Å². The maximum absolute atomic E-state index is 12.1. The van der Waals surface area contributed by atoms with Crippen molar-refractivity contribution in [1.82, 2.24) is 0 Å². The van der Waals surface area contributed by atoms with Crippen molar-refractivity contribution >= 4 is 23.9 Å². The first-order chi connectivity index (χ1) is 13.3. The van der Waals surface area contributed by atoms with Crippen LogP contribution in [0.5, 0.6) is 0 Å². The molecule has 0 amide bonds. The standard InChI is InChI=1S/C17H26O11/c1-5-23-12(19)8-25-11-7-14(26-9-13(20)24-6-2)28-16(17(21)22-4)15(11)27-10(3)18/h11,14-16H,5-9H2,1-4H3/t11-,14+,15+,16+/m1/s1. The zero-order valence-electron chi connectivity index (χ0n) is 16.3. The molecule has 0 aliphatic carbocycles. The molecule has 4 atom stereocenters. The second-order valence-corrected chi connectivity index (χ2v) is 5.59. The minimum Gasteiger partial charge on any atom is -0.467 e. The Bertz CT molecular complexity index is 547. The Morgan fingerprint density at radius 1 is 0.964 bits per heavy atom. The molecule has 0 spiro atoms. The predicted molar refractivity (Wildman–Crippen MR) is 89.8 cm³/mol. The normalized spacial score (nSPS) is 24.1. The van der Waals surface area contributed by atoms with Crippen molar-refractivity contribution in [3.05, 3.63) is 0 Å².